The fourth-order valence-electron chi connectivity index (χ4n) is 5.94. The van der Waals surface area contributed by atoms with Gasteiger partial charge in [0.25, 0.3) is 0 Å². The Balaban J connectivity index is 1.77. The maximum atomic E-state index is 13.1. The number of unbranched alkanes of at least 4 members (excludes halogenated alkanes) is 1. The van der Waals surface area contributed by atoms with Crippen molar-refractivity contribution in [3.63, 3.8) is 0 Å². The number of aromatic hydroxyl groups is 1. The highest BCUT2D eigenvalue weighted by molar-refractivity contribution is 6.00. The Bertz CT molecular complexity index is 1060. The SMILES string of the molecule is CCCCC(c1cc(O)cc2c1CC(c1cccc(C(=N)N)c1)C(=O)N2)N1C(C)CCCC1C. The van der Waals surface area contributed by atoms with Crippen LogP contribution >= 0.6 is 0 Å². The van der Waals surface area contributed by atoms with Crippen LogP contribution in [0.3, 0.4) is 0 Å². The Hall–Kier alpha value is -2.86. The maximum absolute atomic E-state index is 13.1. The van der Waals surface area contributed by atoms with Crippen LogP contribution in [0.1, 0.15) is 93.5 Å². The lowest BCUT2D eigenvalue weighted by Gasteiger charge is -2.45. The van der Waals surface area contributed by atoms with Crippen LogP contribution in [0, 0.1) is 5.41 Å². The first-order valence-corrected chi connectivity index (χ1v) is 12.7. The molecule has 6 nitrogen and oxygen atoms in total. The summed E-state index contributed by atoms with van der Waals surface area (Å²) >= 11 is 0. The highest BCUT2D eigenvalue weighted by Gasteiger charge is 2.36. The lowest BCUT2D eigenvalue weighted by Crippen LogP contribution is -2.46. The number of hydrogen-bond acceptors (Lipinski definition) is 4. The van der Waals surface area contributed by atoms with Crippen molar-refractivity contribution in [3.05, 3.63) is 58.7 Å². The molecular formula is C28H38N4O2. The van der Waals surface area contributed by atoms with Crippen LogP contribution in [-0.2, 0) is 11.2 Å². The smallest absolute Gasteiger partial charge is 0.232 e. The number of amidine groups is 1. The predicted octanol–water partition coefficient (Wildman–Crippen LogP) is 5.45. The summed E-state index contributed by atoms with van der Waals surface area (Å²) in [6, 6.07) is 12.2. The second-order valence-electron chi connectivity index (χ2n) is 10.1. The molecule has 34 heavy (non-hydrogen) atoms. The first-order valence-electron chi connectivity index (χ1n) is 12.7. The van der Waals surface area contributed by atoms with Gasteiger partial charge in [-0.25, -0.2) is 0 Å². The summed E-state index contributed by atoms with van der Waals surface area (Å²) in [6.07, 6.45) is 7.45. The number of carbonyl (C=O) groups is 1. The Morgan fingerprint density at radius 2 is 1.97 bits per heavy atom. The van der Waals surface area contributed by atoms with Crippen LogP contribution in [0.4, 0.5) is 5.69 Å². The summed E-state index contributed by atoms with van der Waals surface area (Å²) in [5.74, 6) is -0.255. The molecule has 1 amide bonds. The molecule has 0 radical (unpaired) electrons. The van der Waals surface area contributed by atoms with E-state index in [0.29, 0.717) is 24.1 Å². The third-order valence-corrected chi connectivity index (χ3v) is 7.66. The number of nitrogens with two attached hydrogens (primary N) is 1. The number of piperidine rings is 1. The first kappa shape index (κ1) is 24.3. The van der Waals surface area contributed by atoms with E-state index < -0.39 is 0 Å². The highest BCUT2D eigenvalue weighted by Crippen LogP contribution is 2.43. The second-order valence-corrected chi connectivity index (χ2v) is 10.1. The molecule has 2 heterocycles. The number of anilines is 1. The van der Waals surface area contributed by atoms with E-state index in [1.165, 1.54) is 19.3 Å². The summed E-state index contributed by atoms with van der Waals surface area (Å²) in [7, 11) is 0. The highest BCUT2D eigenvalue weighted by atomic mass is 16.3. The maximum Gasteiger partial charge on any atom is 0.232 e. The second kappa shape index (κ2) is 10.2. The number of hydrogen-bond donors (Lipinski definition) is 4. The Morgan fingerprint density at radius 1 is 1.24 bits per heavy atom. The Kier molecular flexibility index (Phi) is 7.27. The molecule has 4 atom stereocenters. The molecule has 1 fully saturated rings. The summed E-state index contributed by atoms with van der Waals surface area (Å²) < 4.78 is 0. The molecule has 4 rings (SSSR count). The zero-order chi connectivity index (χ0) is 24.4. The molecule has 4 unspecified atom stereocenters. The molecule has 2 aromatic rings. The molecule has 0 bridgehead atoms. The molecule has 6 heteroatoms. The minimum Gasteiger partial charge on any atom is -0.508 e. The van der Waals surface area contributed by atoms with E-state index in [9.17, 15) is 9.90 Å². The van der Waals surface area contributed by atoms with Gasteiger partial charge in [0.1, 0.15) is 11.6 Å². The van der Waals surface area contributed by atoms with Gasteiger partial charge in [0.2, 0.25) is 5.91 Å². The number of benzene rings is 2. The topological polar surface area (TPSA) is 102 Å². The van der Waals surface area contributed by atoms with E-state index in [4.69, 9.17) is 11.1 Å². The van der Waals surface area contributed by atoms with Gasteiger partial charge in [-0.1, -0.05) is 44.4 Å². The molecule has 0 aliphatic carbocycles. The van der Waals surface area contributed by atoms with Crippen LogP contribution in [0.15, 0.2) is 36.4 Å². The number of nitrogen functional groups attached to an aromatic ring is 1. The standard InChI is InChI=1S/C28H38N4O2/c1-4-5-12-26(32-17(2)8-6-9-18(32)3)24-14-21(33)15-25-23(24)16-22(28(34)31-25)19-10-7-11-20(13-19)27(29)30/h7,10-11,13-15,17-18,22,26,33H,4-6,8-9,12,16H2,1-3H3,(H3,29,30)(H,31,34). The third-order valence-electron chi connectivity index (χ3n) is 7.66. The molecule has 5 N–H and O–H groups in total. The molecule has 1 saturated heterocycles. The number of amides is 1. The van der Waals surface area contributed by atoms with Crippen molar-refractivity contribution in [2.24, 2.45) is 5.73 Å². The van der Waals surface area contributed by atoms with Gasteiger partial charge >= 0.3 is 0 Å². The van der Waals surface area contributed by atoms with Crippen molar-refractivity contribution < 1.29 is 9.90 Å². The van der Waals surface area contributed by atoms with Crippen LogP contribution in [0.2, 0.25) is 0 Å². The average Bonchev–Trinajstić information content (AvgIpc) is 2.80. The number of phenols is 1. The zero-order valence-electron chi connectivity index (χ0n) is 20.6. The number of nitrogens with one attached hydrogen (secondary N) is 2. The van der Waals surface area contributed by atoms with E-state index in [-0.39, 0.29) is 29.5 Å². The predicted molar refractivity (Wildman–Crippen MR) is 138 cm³/mol. The van der Waals surface area contributed by atoms with Crippen LogP contribution in [-0.4, -0.2) is 33.8 Å². The summed E-state index contributed by atoms with van der Waals surface area (Å²) in [4.78, 5) is 15.8. The quantitative estimate of drug-likeness (QED) is 0.325. The number of nitrogens with zero attached hydrogens (tertiary/aromatic N) is 1. The Morgan fingerprint density at radius 3 is 2.65 bits per heavy atom. The lowest BCUT2D eigenvalue weighted by molar-refractivity contribution is -0.117. The van der Waals surface area contributed by atoms with Gasteiger partial charge in [-0.05, 0) is 68.4 Å². The van der Waals surface area contributed by atoms with E-state index in [0.717, 1.165) is 41.6 Å². The fourth-order valence-corrected chi connectivity index (χ4v) is 5.94. The average molecular weight is 463 g/mol. The molecule has 0 aromatic heterocycles. The minimum absolute atomic E-state index is 0.00298. The van der Waals surface area contributed by atoms with Gasteiger partial charge in [0.15, 0.2) is 0 Å². The molecule has 2 aromatic carbocycles. The number of carbonyl (C=O) groups excluding carboxylic acids is 1. The number of fused-ring (bicyclic) bond motifs is 1. The van der Waals surface area contributed by atoms with E-state index in [1.54, 1.807) is 12.1 Å². The first-order chi connectivity index (χ1) is 16.3. The normalized spacial score (nSPS) is 23.7. The molecule has 0 saturated carbocycles. The number of likely N-dealkylation sites (tertiary alicyclic amines) is 1. The van der Waals surface area contributed by atoms with Gasteiger partial charge in [-0.3, -0.25) is 15.1 Å². The van der Waals surface area contributed by atoms with Gasteiger partial charge in [-0.2, -0.15) is 0 Å². The van der Waals surface area contributed by atoms with Crippen molar-refractivity contribution in [3.8, 4) is 5.75 Å². The van der Waals surface area contributed by atoms with Gasteiger partial charge < -0.3 is 16.2 Å². The minimum atomic E-state index is -0.363. The summed E-state index contributed by atoms with van der Waals surface area (Å²) in [6.45, 7) is 6.86. The van der Waals surface area contributed by atoms with Crippen molar-refractivity contribution >= 4 is 17.4 Å². The van der Waals surface area contributed by atoms with Crippen molar-refractivity contribution in [1.82, 2.24) is 4.90 Å². The van der Waals surface area contributed by atoms with Gasteiger partial charge in [0, 0.05) is 35.4 Å². The van der Waals surface area contributed by atoms with E-state index in [2.05, 4.69) is 31.0 Å². The van der Waals surface area contributed by atoms with Crippen LogP contribution < -0.4 is 11.1 Å². The molecule has 2 aliphatic rings. The van der Waals surface area contributed by atoms with Gasteiger partial charge in [0.05, 0.1) is 5.92 Å². The lowest BCUT2D eigenvalue weighted by atomic mass is 9.81. The molecule has 2 aliphatic heterocycles. The van der Waals surface area contributed by atoms with Crippen molar-refractivity contribution in [2.75, 3.05) is 5.32 Å². The summed E-state index contributed by atoms with van der Waals surface area (Å²) in [5.41, 5.74) is 10.2. The largest absolute Gasteiger partial charge is 0.508 e. The summed E-state index contributed by atoms with van der Waals surface area (Å²) in [5, 5.41) is 21.5. The molecular weight excluding hydrogens is 424 g/mol. The fraction of sp³-hybridized carbons (Fsp3) is 0.500. The molecule has 0 spiro atoms. The number of rotatable bonds is 7. The van der Waals surface area contributed by atoms with E-state index in [1.807, 2.05) is 24.3 Å². The third kappa shape index (κ3) is 4.83. The molecule has 182 valence electrons. The van der Waals surface area contributed by atoms with Gasteiger partial charge in [-0.15, -0.1) is 0 Å². The van der Waals surface area contributed by atoms with Crippen molar-refractivity contribution in [2.45, 2.75) is 89.8 Å². The number of phenolic OH excluding ortho intramolecular Hbond substituents is 1. The van der Waals surface area contributed by atoms with Crippen LogP contribution in [0.25, 0.3) is 0 Å². The van der Waals surface area contributed by atoms with Crippen molar-refractivity contribution in [1.29, 1.82) is 5.41 Å². The van der Waals surface area contributed by atoms with Crippen LogP contribution in [0.5, 0.6) is 5.75 Å². The zero-order valence-corrected chi connectivity index (χ0v) is 20.6. The monoisotopic (exact) mass is 462 g/mol. The van der Waals surface area contributed by atoms with E-state index >= 15 is 0 Å². The Labute approximate surface area is 203 Å².